The van der Waals surface area contributed by atoms with E-state index < -0.39 is 0 Å². The van der Waals surface area contributed by atoms with Crippen LogP contribution in [0.3, 0.4) is 0 Å². The largest absolute Gasteiger partial charge is 0.428 e. The third-order valence-electron chi connectivity index (χ3n) is 2.05. The van der Waals surface area contributed by atoms with Crippen LogP contribution in [0.2, 0.25) is 0 Å². The Balaban J connectivity index is 2.01. The highest BCUT2D eigenvalue weighted by atomic mass is 16.4. The SMILES string of the molecule is Cc1cc(C)n(CCc2nnco2)n1. The molecule has 0 aliphatic rings. The van der Waals surface area contributed by atoms with Crippen molar-refractivity contribution in [2.24, 2.45) is 0 Å². The van der Waals surface area contributed by atoms with E-state index in [4.69, 9.17) is 4.42 Å². The highest BCUT2D eigenvalue weighted by molar-refractivity contribution is 5.06. The summed E-state index contributed by atoms with van der Waals surface area (Å²) in [5, 5.41) is 11.8. The number of nitrogens with zero attached hydrogens (tertiary/aromatic N) is 4. The van der Waals surface area contributed by atoms with Gasteiger partial charge in [0.05, 0.1) is 5.69 Å². The molecule has 0 aliphatic heterocycles. The summed E-state index contributed by atoms with van der Waals surface area (Å²) in [5.41, 5.74) is 2.19. The minimum Gasteiger partial charge on any atom is -0.428 e. The highest BCUT2D eigenvalue weighted by Crippen LogP contribution is 2.03. The third kappa shape index (κ3) is 1.81. The van der Waals surface area contributed by atoms with Gasteiger partial charge in [-0.15, -0.1) is 10.2 Å². The Morgan fingerprint density at radius 2 is 2.29 bits per heavy atom. The summed E-state index contributed by atoms with van der Waals surface area (Å²) in [6.07, 6.45) is 2.07. The summed E-state index contributed by atoms with van der Waals surface area (Å²) < 4.78 is 6.98. The molecular formula is C9H12N4O. The lowest BCUT2D eigenvalue weighted by Gasteiger charge is -2.00. The molecule has 14 heavy (non-hydrogen) atoms. The fourth-order valence-corrected chi connectivity index (χ4v) is 1.41. The average molecular weight is 192 g/mol. The standard InChI is InChI=1S/C9H12N4O/c1-7-5-8(2)13(12-7)4-3-9-11-10-6-14-9/h5-6H,3-4H2,1-2H3. The smallest absolute Gasteiger partial charge is 0.218 e. The molecule has 0 N–H and O–H groups in total. The summed E-state index contributed by atoms with van der Waals surface area (Å²) in [6.45, 7) is 4.80. The van der Waals surface area contributed by atoms with Crippen molar-refractivity contribution in [1.29, 1.82) is 0 Å². The van der Waals surface area contributed by atoms with Crippen LogP contribution in [0.4, 0.5) is 0 Å². The van der Waals surface area contributed by atoms with E-state index in [0.717, 1.165) is 24.4 Å². The molecule has 0 aliphatic carbocycles. The molecule has 74 valence electrons. The van der Waals surface area contributed by atoms with E-state index in [-0.39, 0.29) is 0 Å². The second-order valence-electron chi connectivity index (χ2n) is 3.23. The van der Waals surface area contributed by atoms with E-state index in [0.29, 0.717) is 5.89 Å². The predicted molar refractivity (Wildman–Crippen MR) is 49.7 cm³/mol. The molecule has 0 spiro atoms. The molecule has 0 unspecified atom stereocenters. The zero-order chi connectivity index (χ0) is 9.97. The predicted octanol–water partition coefficient (Wildman–Crippen LogP) is 1.13. The van der Waals surface area contributed by atoms with E-state index in [9.17, 15) is 0 Å². The Labute approximate surface area is 81.8 Å². The van der Waals surface area contributed by atoms with Crippen LogP contribution in [0.15, 0.2) is 16.9 Å². The Kier molecular flexibility index (Phi) is 2.30. The van der Waals surface area contributed by atoms with Crippen LogP contribution in [0.1, 0.15) is 17.3 Å². The van der Waals surface area contributed by atoms with Gasteiger partial charge in [0.15, 0.2) is 0 Å². The molecule has 0 atom stereocenters. The van der Waals surface area contributed by atoms with Crippen molar-refractivity contribution in [2.45, 2.75) is 26.8 Å². The average Bonchev–Trinajstić information content (AvgIpc) is 2.72. The Hall–Kier alpha value is -1.65. The second kappa shape index (κ2) is 3.61. The van der Waals surface area contributed by atoms with Gasteiger partial charge >= 0.3 is 0 Å². The number of aromatic nitrogens is 4. The van der Waals surface area contributed by atoms with Crippen LogP contribution in [0.25, 0.3) is 0 Å². The van der Waals surface area contributed by atoms with Crippen molar-refractivity contribution in [3.05, 3.63) is 29.7 Å². The molecule has 0 radical (unpaired) electrons. The molecule has 0 aromatic carbocycles. The summed E-state index contributed by atoms with van der Waals surface area (Å²) in [7, 11) is 0. The summed E-state index contributed by atoms with van der Waals surface area (Å²) in [4.78, 5) is 0. The van der Waals surface area contributed by atoms with Crippen molar-refractivity contribution in [3.63, 3.8) is 0 Å². The van der Waals surface area contributed by atoms with Crippen LogP contribution >= 0.6 is 0 Å². The molecular weight excluding hydrogens is 180 g/mol. The van der Waals surface area contributed by atoms with Crippen LogP contribution < -0.4 is 0 Å². The topological polar surface area (TPSA) is 56.7 Å². The van der Waals surface area contributed by atoms with Crippen LogP contribution in [0.5, 0.6) is 0 Å². The molecule has 2 rings (SSSR count). The molecule has 2 aromatic rings. The van der Waals surface area contributed by atoms with E-state index >= 15 is 0 Å². The molecule has 5 heteroatoms. The van der Waals surface area contributed by atoms with Crippen molar-refractivity contribution < 1.29 is 4.42 Å². The van der Waals surface area contributed by atoms with Gasteiger partial charge in [0, 0.05) is 18.7 Å². The maximum absolute atomic E-state index is 5.04. The molecule has 5 nitrogen and oxygen atoms in total. The van der Waals surface area contributed by atoms with Crippen molar-refractivity contribution in [2.75, 3.05) is 0 Å². The van der Waals surface area contributed by atoms with Gasteiger partial charge in [0.2, 0.25) is 12.3 Å². The minimum atomic E-state index is 0.651. The molecule has 0 saturated heterocycles. The monoisotopic (exact) mass is 192 g/mol. The Morgan fingerprint density at radius 1 is 1.43 bits per heavy atom. The lowest BCUT2D eigenvalue weighted by Crippen LogP contribution is -2.05. The second-order valence-corrected chi connectivity index (χ2v) is 3.23. The maximum atomic E-state index is 5.04. The van der Waals surface area contributed by atoms with Crippen molar-refractivity contribution in [1.82, 2.24) is 20.0 Å². The van der Waals surface area contributed by atoms with E-state index in [1.807, 2.05) is 24.6 Å². The lowest BCUT2D eigenvalue weighted by molar-refractivity contribution is 0.463. The summed E-state index contributed by atoms with van der Waals surface area (Å²) in [6, 6.07) is 2.05. The normalized spacial score (nSPS) is 10.7. The molecule has 2 heterocycles. The highest BCUT2D eigenvalue weighted by Gasteiger charge is 2.03. The minimum absolute atomic E-state index is 0.651. The zero-order valence-electron chi connectivity index (χ0n) is 8.27. The number of hydrogen-bond acceptors (Lipinski definition) is 4. The van der Waals surface area contributed by atoms with Gasteiger partial charge in [-0.3, -0.25) is 4.68 Å². The first kappa shape index (κ1) is 8.93. The van der Waals surface area contributed by atoms with Crippen LogP contribution in [-0.4, -0.2) is 20.0 Å². The molecule has 2 aromatic heterocycles. The Bertz CT molecular complexity index is 404. The summed E-state index contributed by atoms with van der Waals surface area (Å²) in [5.74, 6) is 0.651. The molecule has 0 fully saturated rings. The van der Waals surface area contributed by atoms with Crippen molar-refractivity contribution in [3.8, 4) is 0 Å². The van der Waals surface area contributed by atoms with E-state index in [1.165, 1.54) is 6.39 Å². The fourth-order valence-electron chi connectivity index (χ4n) is 1.41. The van der Waals surface area contributed by atoms with Gasteiger partial charge in [-0.25, -0.2) is 0 Å². The van der Waals surface area contributed by atoms with Crippen LogP contribution in [-0.2, 0) is 13.0 Å². The van der Waals surface area contributed by atoms with Crippen molar-refractivity contribution >= 4 is 0 Å². The first-order chi connectivity index (χ1) is 6.75. The first-order valence-corrected chi connectivity index (χ1v) is 4.52. The van der Waals surface area contributed by atoms with E-state index in [2.05, 4.69) is 15.3 Å². The number of aryl methyl sites for hydroxylation is 4. The van der Waals surface area contributed by atoms with Gasteiger partial charge in [0.1, 0.15) is 0 Å². The molecule has 0 saturated carbocycles. The molecule has 0 amide bonds. The van der Waals surface area contributed by atoms with Crippen LogP contribution in [0, 0.1) is 13.8 Å². The number of hydrogen-bond donors (Lipinski definition) is 0. The maximum Gasteiger partial charge on any atom is 0.218 e. The quantitative estimate of drug-likeness (QED) is 0.731. The van der Waals surface area contributed by atoms with Gasteiger partial charge < -0.3 is 4.42 Å². The third-order valence-corrected chi connectivity index (χ3v) is 2.05. The Morgan fingerprint density at radius 3 is 2.86 bits per heavy atom. The van der Waals surface area contributed by atoms with Gasteiger partial charge in [0.25, 0.3) is 0 Å². The van der Waals surface area contributed by atoms with Gasteiger partial charge in [-0.1, -0.05) is 0 Å². The zero-order valence-corrected chi connectivity index (χ0v) is 8.27. The fraction of sp³-hybridized carbons (Fsp3) is 0.444. The summed E-state index contributed by atoms with van der Waals surface area (Å²) >= 11 is 0. The van der Waals surface area contributed by atoms with Gasteiger partial charge in [-0.05, 0) is 19.9 Å². The number of rotatable bonds is 3. The van der Waals surface area contributed by atoms with E-state index in [1.54, 1.807) is 0 Å². The lowest BCUT2D eigenvalue weighted by atomic mass is 10.4. The first-order valence-electron chi connectivity index (χ1n) is 4.52. The van der Waals surface area contributed by atoms with Gasteiger partial charge in [-0.2, -0.15) is 5.10 Å². The molecule has 0 bridgehead atoms.